The number of benzene rings is 1. The van der Waals surface area contributed by atoms with Crippen LogP contribution in [0.25, 0.3) is 0 Å². The summed E-state index contributed by atoms with van der Waals surface area (Å²) >= 11 is 0. The average molecular weight is 236 g/mol. The number of likely N-dealkylation sites (tertiary alicyclic amines) is 1. The highest BCUT2D eigenvalue weighted by Crippen LogP contribution is 2.24. The van der Waals surface area contributed by atoms with E-state index in [1.54, 1.807) is 12.1 Å². The van der Waals surface area contributed by atoms with E-state index in [1.165, 1.54) is 25.3 Å². The van der Waals surface area contributed by atoms with Gasteiger partial charge in [0.05, 0.1) is 0 Å². The Bertz CT molecular complexity index is 378. The van der Waals surface area contributed by atoms with Crippen LogP contribution in [0, 0.1) is 5.82 Å². The number of nitrogens with zero attached hydrogens (tertiary/aromatic N) is 1. The molecule has 1 aliphatic heterocycles. The predicted molar refractivity (Wildman–Crippen MR) is 69.2 cm³/mol. The second kappa shape index (κ2) is 5.50. The van der Waals surface area contributed by atoms with Crippen LogP contribution in [0.3, 0.4) is 0 Å². The minimum atomic E-state index is -0.195. The molecule has 3 heteroatoms. The fourth-order valence-electron chi connectivity index (χ4n) is 2.66. The molecule has 1 aliphatic rings. The van der Waals surface area contributed by atoms with Gasteiger partial charge in [-0.05, 0) is 49.6 Å². The Hall–Kier alpha value is -1.09. The zero-order valence-corrected chi connectivity index (χ0v) is 10.5. The number of nitrogens with two attached hydrogens (primary N) is 1. The maximum absolute atomic E-state index is 13.2. The van der Waals surface area contributed by atoms with Gasteiger partial charge in [0.1, 0.15) is 5.82 Å². The Morgan fingerprint density at radius 3 is 3.00 bits per heavy atom. The van der Waals surface area contributed by atoms with E-state index in [0.29, 0.717) is 11.7 Å². The van der Waals surface area contributed by atoms with Crippen molar-refractivity contribution in [3.8, 4) is 0 Å². The molecule has 94 valence electrons. The van der Waals surface area contributed by atoms with Gasteiger partial charge >= 0.3 is 0 Å². The van der Waals surface area contributed by atoms with Gasteiger partial charge in [-0.25, -0.2) is 4.39 Å². The molecule has 1 aromatic carbocycles. The molecule has 2 nitrogen and oxygen atoms in total. The van der Waals surface area contributed by atoms with Gasteiger partial charge in [-0.3, -0.25) is 4.90 Å². The van der Waals surface area contributed by atoms with Crippen LogP contribution < -0.4 is 5.73 Å². The first-order chi connectivity index (χ1) is 8.20. The smallest absolute Gasteiger partial charge is 0.123 e. The van der Waals surface area contributed by atoms with Crippen molar-refractivity contribution in [2.45, 2.75) is 45.2 Å². The lowest BCUT2D eigenvalue weighted by molar-refractivity contribution is 0.136. The second-order valence-electron chi connectivity index (χ2n) is 4.87. The third-order valence-corrected chi connectivity index (χ3v) is 3.70. The predicted octanol–water partition coefficient (Wildman–Crippen LogP) is 3.17. The SMILES string of the molecule is CC[C@@H]1CCCCN1Cc1cc(F)ccc1N. The van der Waals surface area contributed by atoms with Crippen LogP contribution >= 0.6 is 0 Å². The third kappa shape index (κ3) is 2.97. The molecule has 0 amide bonds. The number of piperidine rings is 1. The fourth-order valence-corrected chi connectivity index (χ4v) is 2.66. The van der Waals surface area contributed by atoms with Crippen LogP contribution in [0.1, 0.15) is 38.2 Å². The van der Waals surface area contributed by atoms with E-state index in [0.717, 1.165) is 25.1 Å². The molecule has 1 atom stereocenters. The van der Waals surface area contributed by atoms with Gasteiger partial charge in [0, 0.05) is 18.3 Å². The van der Waals surface area contributed by atoms with Crippen molar-refractivity contribution in [1.82, 2.24) is 4.90 Å². The fraction of sp³-hybridized carbons (Fsp3) is 0.571. The number of hydrogen-bond donors (Lipinski definition) is 1. The van der Waals surface area contributed by atoms with E-state index < -0.39 is 0 Å². The largest absolute Gasteiger partial charge is 0.398 e. The Kier molecular flexibility index (Phi) is 4.00. The number of nitrogen functional groups attached to an aromatic ring is 1. The molecule has 1 saturated heterocycles. The number of halogens is 1. The molecule has 0 unspecified atom stereocenters. The summed E-state index contributed by atoms with van der Waals surface area (Å²) in [5.74, 6) is -0.195. The lowest BCUT2D eigenvalue weighted by Crippen LogP contribution is -2.38. The maximum Gasteiger partial charge on any atom is 0.123 e. The van der Waals surface area contributed by atoms with Gasteiger partial charge < -0.3 is 5.73 Å². The molecule has 17 heavy (non-hydrogen) atoms. The molecule has 1 fully saturated rings. The molecule has 2 rings (SSSR count). The normalized spacial score (nSPS) is 21.6. The van der Waals surface area contributed by atoms with Gasteiger partial charge in [0.15, 0.2) is 0 Å². The van der Waals surface area contributed by atoms with Crippen molar-refractivity contribution in [3.05, 3.63) is 29.6 Å². The van der Waals surface area contributed by atoms with E-state index >= 15 is 0 Å². The Morgan fingerprint density at radius 1 is 1.41 bits per heavy atom. The first-order valence-corrected chi connectivity index (χ1v) is 6.48. The van der Waals surface area contributed by atoms with E-state index in [-0.39, 0.29) is 5.82 Å². The summed E-state index contributed by atoms with van der Waals surface area (Å²) in [6.45, 7) is 4.11. The molecule has 0 radical (unpaired) electrons. The first-order valence-electron chi connectivity index (χ1n) is 6.48. The summed E-state index contributed by atoms with van der Waals surface area (Å²) < 4.78 is 13.2. The van der Waals surface area contributed by atoms with Crippen LogP contribution in [-0.2, 0) is 6.54 Å². The maximum atomic E-state index is 13.2. The highest BCUT2D eigenvalue weighted by Gasteiger charge is 2.21. The molecule has 0 aromatic heterocycles. The molecular formula is C14H21FN2. The van der Waals surface area contributed by atoms with Gasteiger partial charge in [-0.2, -0.15) is 0 Å². The molecule has 0 aliphatic carbocycles. The zero-order chi connectivity index (χ0) is 12.3. The minimum Gasteiger partial charge on any atom is -0.398 e. The van der Waals surface area contributed by atoms with Crippen LogP contribution in [0.15, 0.2) is 18.2 Å². The molecule has 1 aromatic rings. The van der Waals surface area contributed by atoms with Crippen molar-refractivity contribution in [3.63, 3.8) is 0 Å². The Morgan fingerprint density at radius 2 is 2.24 bits per heavy atom. The monoisotopic (exact) mass is 236 g/mol. The van der Waals surface area contributed by atoms with Crippen molar-refractivity contribution in [1.29, 1.82) is 0 Å². The average Bonchev–Trinajstić information content (AvgIpc) is 2.34. The topological polar surface area (TPSA) is 29.3 Å². The van der Waals surface area contributed by atoms with E-state index in [4.69, 9.17) is 5.73 Å². The van der Waals surface area contributed by atoms with Crippen molar-refractivity contribution in [2.75, 3.05) is 12.3 Å². The highest BCUT2D eigenvalue weighted by molar-refractivity contribution is 5.46. The van der Waals surface area contributed by atoms with Crippen molar-refractivity contribution in [2.24, 2.45) is 0 Å². The lowest BCUT2D eigenvalue weighted by Gasteiger charge is -2.35. The number of anilines is 1. The zero-order valence-electron chi connectivity index (χ0n) is 10.5. The Balaban J connectivity index is 2.10. The summed E-state index contributed by atoms with van der Waals surface area (Å²) in [6, 6.07) is 5.28. The molecule has 0 bridgehead atoms. The van der Waals surface area contributed by atoms with Crippen LogP contribution in [-0.4, -0.2) is 17.5 Å². The molecule has 2 N–H and O–H groups in total. The first kappa shape index (κ1) is 12.4. The molecule has 0 saturated carbocycles. The number of hydrogen-bond acceptors (Lipinski definition) is 2. The summed E-state index contributed by atoms with van der Waals surface area (Å²) in [4.78, 5) is 2.44. The molecule has 1 heterocycles. The van der Waals surface area contributed by atoms with Gasteiger partial charge in [-0.15, -0.1) is 0 Å². The van der Waals surface area contributed by atoms with Gasteiger partial charge in [-0.1, -0.05) is 13.3 Å². The van der Waals surface area contributed by atoms with E-state index in [1.807, 2.05) is 0 Å². The van der Waals surface area contributed by atoms with Crippen molar-refractivity contribution < 1.29 is 4.39 Å². The highest BCUT2D eigenvalue weighted by atomic mass is 19.1. The summed E-state index contributed by atoms with van der Waals surface area (Å²) in [5.41, 5.74) is 7.52. The minimum absolute atomic E-state index is 0.195. The van der Waals surface area contributed by atoms with E-state index in [2.05, 4.69) is 11.8 Å². The van der Waals surface area contributed by atoms with Gasteiger partial charge in [0.25, 0.3) is 0 Å². The van der Waals surface area contributed by atoms with Crippen molar-refractivity contribution >= 4 is 5.69 Å². The Labute approximate surface area is 103 Å². The molecular weight excluding hydrogens is 215 g/mol. The van der Waals surface area contributed by atoms with Crippen LogP contribution in [0.2, 0.25) is 0 Å². The quantitative estimate of drug-likeness (QED) is 0.817. The second-order valence-corrected chi connectivity index (χ2v) is 4.87. The summed E-state index contributed by atoms with van der Waals surface area (Å²) in [5, 5.41) is 0. The molecule has 0 spiro atoms. The lowest BCUT2D eigenvalue weighted by atomic mass is 9.99. The number of rotatable bonds is 3. The van der Waals surface area contributed by atoms with Gasteiger partial charge in [0.2, 0.25) is 0 Å². The van der Waals surface area contributed by atoms with Crippen LogP contribution in [0.4, 0.5) is 10.1 Å². The summed E-state index contributed by atoms with van der Waals surface area (Å²) in [6.07, 6.45) is 4.97. The third-order valence-electron chi connectivity index (χ3n) is 3.70. The standard InChI is InChI=1S/C14H21FN2/c1-2-13-5-3-4-8-17(13)10-11-9-12(15)6-7-14(11)16/h6-7,9,13H,2-5,8,10,16H2,1H3/t13-/m1/s1. The van der Waals surface area contributed by atoms with E-state index in [9.17, 15) is 4.39 Å². The van der Waals surface area contributed by atoms with Crippen LogP contribution in [0.5, 0.6) is 0 Å². The summed E-state index contributed by atoms with van der Waals surface area (Å²) in [7, 11) is 0.